The molecule has 0 aliphatic heterocycles. The quantitative estimate of drug-likeness (QED) is 0.858. The van der Waals surface area contributed by atoms with E-state index < -0.39 is 11.7 Å². The van der Waals surface area contributed by atoms with Gasteiger partial charge in [0.2, 0.25) is 0 Å². The molecular formula is C15H18Cl2N2O2. The zero-order chi connectivity index (χ0) is 16.0. The molecule has 1 aromatic rings. The first kappa shape index (κ1) is 17.6. The Morgan fingerprint density at radius 1 is 1.38 bits per heavy atom. The van der Waals surface area contributed by atoms with E-state index in [9.17, 15) is 4.79 Å². The summed E-state index contributed by atoms with van der Waals surface area (Å²) in [5, 5.41) is 12.3. The van der Waals surface area contributed by atoms with Crippen molar-refractivity contribution in [1.82, 2.24) is 5.32 Å². The number of hydrogen-bond donors (Lipinski definition) is 1. The number of ether oxygens (including phenoxy) is 1. The summed E-state index contributed by atoms with van der Waals surface area (Å²) in [5.41, 5.74) is 0.201. The fourth-order valence-electron chi connectivity index (χ4n) is 1.71. The molecule has 4 nitrogen and oxygen atoms in total. The van der Waals surface area contributed by atoms with Crippen LogP contribution >= 0.6 is 23.2 Å². The average molecular weight is 329 g/mol. The van der Waals surface area contributed by atoms with Crippen LogP contribution in [-0.4, -0.2) is 11.7 Å². The Kier molecular flexibility index (Phi) is 6.32. The third kappa shape index (κ3) is 6.24. The zero-order valence-corrected chi connectivity index (χ0v) is 13.8. The lowest BCUT2D eigenvalue weighted by molar-refractivity contribution is 0.0501. The number of benzene rings is 1. The Balaban J connectivity index is 2.87. The van der Waals surface area contributed by atoms with E-state index in [1.807, 2.05) is 0 Å². The molecule has 1 atom stereocenters. The molecule has 0 fully saturated rings. The SMILES string of the molecule is CC(C)(C)OC(=O)N[C@H](CCC#N)c1ccc(Cl)c(Cl)c1. The third-order valence-electron chi connectivity index (χ3n) is 2.58. The fraction of sp³-hybridized carbons (Fsp3) is 0.467. The molecule has 0 aromatic heterocycles. The molecule has 0 bridgehead atoms. The topological polar surface area (TPSA) is 62.1 Å². The van der Waals surface area contributed by atoms with E-state index in [0.717, 1.165) is 5.56 Å². The number of hydrogen-bond acceptors (Lipinski definition) is 3. The highest BCUT2D eigenvalue weighted by Gasteiger charge is 2.20. The van der Waals surface area contributed by atoms with E-state index in [2.05, 4.69) is 11.4 Å². The van der Waals surface area contributed by atoms with E-state index >= 15 is 0 Å². The molecule has 21 heavy (non-hydrogen) atoms. The van der Waals surface area contributed by atoms with Crippen LogP contribution in [0.1, 0.15) is 45.2 Å². The van der Waals surface area contributed by atoms with Crippen molar-refractivity contribution in [3.8, 4) is 6.07 Å². The highest BCUT2D eigenvalue weighted by atomic mass is 35.5. The highest BCUT2D eigenvalue weighted by molar-refractivity contribution is 6.42. The molecule has 0 radical (unpaired) electrons. The van der Waals surface area contributed by atoms with E-state index in [1.165, 1.54) is 0 Å². The molecule has 0 heterocycles. The Bertz CT molecular complexity index is 548. The maximum Gasteiger partial charge on any atom is 0.408 e. The number of nitrogens with one attached hydrogen (secondary N) is 1. The second-order valence-corrected chi connectivity index (χ2v) is 6.38. The van der Waals surface area contributed by atoms with Gasteiger partial charge in [0.25, 0.3) is 0 Å². The molecule has 1 N–H and O–H groups in total. The average Bonchev–Trinajstić information content (AvgIpc) is 2.35. The van der Waals surface area contributed by atoms with Gasteiger partial charge in [0.1, 0.15) is 5.60 Å². The number of halogens is 2. The predicted molar refractivity (Wildman–Crippen MR) is 83.4 cm³/mol. The Morgan fingerprint density at radius 2 is 2.05 bits per heavy atom. The summed E-state index contributed by atoms with van der Waals surface area (Å²) >= 11 is 11.9. The number of alkyl carbamates (subject to hydrolysis) is 1. The maximum atomic E-state index is 11.9. The molecule has 1 rings (SSSR count). The Morgan fingerprint density at radius 3 is 2.57 bits per heavy atom. The van der Waals surface area contributed by atoms with Gasteiger partial charge in [-0.05, 0) is 44.9 Å². The molecule has 0 aliphatic carbocycles. The van der Waals surface area contributed by atoms with Gasteiger partial charge in [-0.2, -0.15) is 5.26 Å². The highest BCUT2D eigenvalue weighted by Crippen LogP contribution is 2.27. The van der Waals surface area contributed by atoms with E-state index in [0.29, 0.717) is 22.9 Å². The van der Waals surface area contributed by atoms with Gasteiger partial charge in [-0.3, -0.25) is 0 Å². The molecule has 0 spiro atoms. The van der Waals surface area contributed by atoms with Crippen LogP contribution in [0.25, 0.3) is 0 Å². The summed E-state index contributed by atoms with van der Waals surface area (Å²) in [4.78, 5) is 11.9. The molecular weight excluding hydrogens is 311 g/mol. The number of carbonyl (C=O) groups excluding carboxylic acids is 1. The lowest BCUT2D eigenvalue weighted by Gasteiger charge is -2.23. The maximum absolute atomic E-state index is 11.9. The van der Waals surface area contributed by atoms with Crippen molar-refractivity contribution in [2.24, 2.45) is 0 Å². The minimum absolute atomic E-state index is 0.306. The lowest BCUT2D eigenvalue weighted by Crippen LogP contribution is -2.35. The van der Waals surface area contributed by atoms with Gasteiger partial charge >= 0.3 is 6.09 Å². The lowest BCUT2D eigenvalue weighted by atomic mass is 10.0. The molecule has 0 saturated carbocycles. The van der Waals surface area contributed by atoms with Crippen LogP contribution in [0.15, 0.2) is 18.2 Å². The van der Waals surface area contributed by atoms with Crippen LogP contribution in [0.3, 0.4) is 0 Å². The summed E-state index contributed by atoms with van der Waals surface area (Å²) < 4.78 is 5.23. The first-order valence-electron chi connectivity index (χ1n) is 6.54. The van der Waals surface area contributed by atoms with Crippen molar-refractivity contribution in [2.75, 3.05) is 0 Å². The second kappa shape index (κ2) is 7.53. The number of nitriles is 1. The second-order valence-electron chi connectivity index (χ2n) is 5.57. The van der Waals surface area contributed by atoms with Gasteiger partial charge in [0, 0.05) is 6.42 Å². The largest absolute Gasteiger partial charge is 0.444 e. The molecule has 0 unspecified atom stereocenters. The van der Waals surface area contributed by atoms with Crippen molar-refractivity contribution in [1.29, 1.82) is 5.26 Å². The Labute approximate surface area is 135 Å². The van der Waals surface area contributed by atoms with Crippen LogP contribution in [0.2, 0.25) is 10.0 Å². The number of amides is 1. The van der Waals surface area contributed by atoms with Crippen molar-refractivity contribution in [2.45, 2.75) is 45.3 Å². The predicted octanol–water partition coefficient (Wildman–Crippen LogP) is 4.86. The van der Waals surface area contributed by atoms with Crippen LogP contribution in [0.5, 0.6) is 0 Å². The zero-order valence-electron chi connectivity index (χ0n) is 12.2. The van der Waals surface area contributed by atoms with Gasteiger partial charge in [-0.25, -0.2) is 4.79 Å². The molecule has 0 saturated heterocycles. The van der Waals surface area contributed by atoms with E-state index in [4.69, 9.17) is 33.2 Å². The van der Waals surface area contributed by atoms with Gasteiger partial charge in [0.05, 0.1) is 22.2 Å². The molecule has 6 heteroatoms. The van der Waals surface area contributed by atoms with E-state index in [-0.39, 0.29) is 6.04 Å². The van der Waals surface area contributed by atoms with Gasteiger partial charge in [0.15, 0.2) is 0 Å². The normalized spacial score (nSPS) is 12.4. The summed E-state index contributed by atoms with van der Waals surface area (Å²) in [5.74, 6) is 0. The van der Waals surface area contributed by atoms with Gasteiger partial charge in [-0.1, -0.05) is 29.3 Å². The summed E-state index contributed by atoms with van der Waals surface area (Å²) in [7, 11) is 0. The summed E-state index contributed by atoms with van der Waals surface area (Å²) in [6.07, 6.45) is 0.241. The molecule has 114 valence electrons. The van der Waals surface area contributed by atoms with Gasteiger partial charge in [-0.15, -0.1) is 0 Å². The van der Waals surface area contributed by atoms with E-state index in [1.54, 1.807) is 39.0 Å². The van der Waals surface area contributed by atoms with Crippen LogP contribution in [0, 0.1) is 11.3 Å². The van der Waals surface area contributed by atoms with Crippen molar-refractivity contribution in [3.63, 3.8) is 0 Å². The monoisotopic (exact) mass is 328 g/mol. The molecule has 1 amide bonds. The smallest absolute Gasteiger partial charge is 0.408 e. The molecule has 1 aromatic carbocycles. The van der Waals surface area contributed by atoms with Crippen LogP contribution < -0.4 is 5.32 Å². The van der Waals surface area contributed by atoms with Crippen LogP contribution in [0.4, 0.5) is 4.79 Å². The van der Waals surface area contributed by atoms with Crippen molar-refractivity contribution < 1.29 is 9.53 Å². The standard InChI is InChI=1S/C15H18Cl2N2O2/c1-15(2,3)21-14(20)19-13(5-4-8-18)10-6-7-11(16)12(17)9-10/h6-7,9,13H,4-5H2,1-3H3,(H,19,20)/t13-/m1/s1. The summed E-state index contributed by atoms with van der Waals surface area (Å²) in [6, 6.07) is 6.83. The Hall–Kier alpha value is -1.44. The first-order valence-corrected chi connectivity index (χ1v) is 7.30. The summed E-state index contributed by atoms with van der Waals surface area (Å²) in [6.45, 7) is 5.36. The minimum Gasteiger partial charge on any atom is -0.444 e. The first-order chi connectivity index (χ1) is 9.73. The molecule has 0 aliphatic rings. The minimum atomic E-state index is -0.582. The van der Waals surface area contributed by atoms with Gasteiger partial charge < -0.3 is 10.1 Å². The third-order valence-corrected chi connectivity index (χ3v) is 3.32. The van der Waals surface area contributed by atoms with Crippen molar-refractivity contribution in [3.05, 3.63) is 33.8 Å². The van der Waals surface area contributed by atoms with Crippen molar-refractivity contribution >= 4 is 29.3 Å². The fourth-order valence-corrected chi connectivity index (χ4v) is 2.02. The number of carbonyl (C=O) groups is 1. The number of nitrogens with zero attached hydrogens (tertiary/aromatic N) is 1. The number of rotatable bonds is 4. The van der Waals surface area contributed by atoms with Crippen LogP contribution in [-0.2, 0) is 4.74 Å².